The Hall–Kier alpha value is -3.18. The minimum atomic E-state index is -4.03. The van der Waals surface area contributed by atoms with Gasteiger partial charge in [0.05, 0.1) is 11.5 Å². The summed E-state index contributed by atoms with van der Waals surface area (Å²) in [5.74, 6) is -0.156. The molecule has 0 radical (unpaired) electrons. The molecule has 0 saturated carbocycles. The van der Waals surface area contributed by atoms with Gasteiger partial charge in [0.2, 0.25) is 11.8 Å². The van der Waals surface area contributed by atoms with Gasteiger partial charge in [0.25, 0.3) is 0 Å². The van der Waals surface area contributed by atoms with Crippen molar-refractivity contribution in [3.8, 4) is 5.75 Å². The largest absolute Gasteiger partial charge is 0.379 e. The number of nitrogens with zero attached hydrogens (tertiary/aromatic N) is 2. The van der Waals surface area contributed by atoms with Crippen molar-refractivity contribution < 1.29 is 22.2 Å². The van der Waals surface area contributed by atoms with E-state index < -0.39 is 10.1 Å². The van der Waals surface area contributed by atoms with Gasteiger partial charge in [-0.1, -0.05) is 31.5 Å². The van der Waals surface area contributed by atoms with Gasteiger partial charge in [-0.15, -0.1) is 5.10 Å². The molecule has 2 amide bonds. The van der Waals surface area contributed by atoms with Crippen LogP contribution in [0.1, 0.15) is 38.7 Å². The van der Waals surface area contributed by atoms with E-state index in [0.717, 1.165) is 19.3 Å². The molecule has 2 aromatic carbocycles. The first-order valence-electron chi connectivity index (χ1n) is 10.3. The predicted molar refractivity (Wildman–Crippen MR) is 129 cm³/mol. The fraction of sp³-hybridized carbons (Fsp3) is 0.273. The zero-order chi connectivity index (χ0) is 23.8. The minimum Gasteiger partial charge on any atom is -0.379 e. The first-order chi connectivity index (χ1) is 15.8. The second-order valence-corrected chi connectivity index (χ2v) is 9.94. The number of hydrogen-bond acceptors (Lipinski definition) is 8. The minimum absolute atomic E-state index is 0.0357. The SMILES string of the molecule is CCCCC1S/C(=N\N=C\c2ccc(OS(=O)(=O)c3ccc(NC(C)=O)cc3)cc2)NC1=O. The topological polar surface area (TPSA) is 126 Å². The van der Waals surface area contributed by atoms with Crippen LogP contribution < -0.4 is 14.8 Å². The lowest BCUT2D eigenvalue weighted by Gasteiger charge is -2.08. The van der Waals surface area contributed by atoms with Crippen molar-refractivity contribution in [2.75, 3.05) is 5.32 Å². The number of hydrogen-bond donors (Lipinski definition) is 2. The normalized spacial score (nSPS) is 17.3. The van der Waals surface area contributed by atoms with Crippen molar-refractivity contribution >= 4 is 50.8 Å². The number of nitrogens with one attached hydrogen (secondary N) is 2. The van der Waals surface area contributed by atoms with Crippen molar-refractivity contribution in [1.29, 1.82) is 0 Å². The van der Waals surface area contributed by atoms with Gasteiger partial charge < -0.3 is 14.8 Å². The molecule has 11 heteroatoms. The number of amides is 2. The maximum absolute atomic E-state index is 12.5. The standard InChI is InChI=1S/C22H24N4O5S2/c1-3-4-5-20-21(28)25-22(32-20)26-23-14-16-6-10-18(11-7-16)31-33(29,30)19-12-8-17(9-13-19)24-15(2)27/h6-14,20H,3-5H2,1-2H3,(H,24,27)(H,25,26,28)/b23-14+. The molecule has 0 spiro atoms. The second kappa shape index (κ2) is 11.1. The lowest BCUT2D eigenvalue weighted by atomic mass is 10.2. The molecule has 9 nitrogen and oxygen atoms in total. The highest BCUT2D eigenvalue weighted by atomic mass is 32.2. The molecule has 2 aromatic rings. The highest BCUT2D eigenvalue weighted by Gasteiger charge is 2.29. The first-order valence-corrected chi connectivity index (χ1v) is 12.6. The van der Waals surface area contributed by atoms with Gasteiger partial charge in [-0.2, -0.15) is 13.5 Å². The lowest BCUT2D eigenvalue weighted by molar-refractivity contribution is -0.119. The molecule has 0 aromatic heterocycles. The van der Waals surface area contributed by atoms with Gasteiger partial charge in [-0.25, -0.2) is 0 Å². The van der Waals surface area contributed by atoms with Gasteiger partial charge in [0, 0.05) is 12.6 Å². The van der Waals surface area contributed by atoms with Crippen LogP contribution in [-0.2, 0) is 19.7 Å². The van der Waals surface area contributed by atoms with E-state index in [1.54, 1.807) is 12.1 Å². The zero-order valence-corrected chi connectivity index (χ0v) is 19.8. The van der Waals surface area contributed by atoms with Crippen LogP contribution in [0.5, 0.6) is 5.75 Å². The fourth-order valence-electron chi connectivity index (χ4n) is 2.87. The number of benzene rings is 2. The molecule has 1 aliphatic heterocycles. The summed E-state index contributed by atoms with van der Waals surface area (Å²) in [6, 6.07) is 12.0. The number of thioether (sulfide) groups is 1. The van der Waals surface area contributed by atoms with Crippen molar-refractivity contribution in [2.45, 2.75) is 43.3 Å². The highest BCUT2D eigenvalue weighted by Crippen LogP contribution is 2.24. The summed E-state index contributed by atoms with van der Waals surface area (Å²) in [4.78, 5) is 22.9. The van der Waals surface area contributed by atoms with Gasteiger partial charge >= 0.3 is 10.1 Å². The number of anilines is 1. The molecule has 2 N–H and O–H groups in total. The Morgan fingerprint density at radius 3 is 2.52 bits per heavy atom. The fourth-order valence-corrected chi connectivity index (χ4v) is 4.78. The van der Waals surface area contributed by atoms with E-state index in [1.807, 2.05) is 0 Å². The van der Waals surface area contributed by atoms with Crippen molar-refractivity contribution in [3.05, 3.63) is 54.1 Å². The Kier molecular flexibility index (Phi) is 8.23. The lowest BCUT2D eigenvalue weighted by Crippen LogP contribution is -2.24. The number of unbranched alkanes of at least 4 members (excludes halogenated alkanes) is 1. The van der Waals surface area contributed by atoms with Crippen LogP contribution in [0.15, 0.2) is 63.6 Å². The quantitative estimate of drug-likeness (QED) is 0.316. The third kappa shape index (κ3) is 7.16. The first kappa shape index (κ1) is 24.5. The third-order valence-corrected chi connectivity index (χ3v) is 6.90. The van der Waals surface area contributed by atoms with E-state index in [9.17, 15) is 18.0 Å². The van der Waals surface area contributed by atoms with Crippen LogP contribution in [0.2, 0.25) is 0 Å². The molecular formula is C22H24N4O5S2. The summed E-state index contributed by atoms with van der Waals surface area (Å²) < 4.78 is 30.1. The van der Waals surface area contributed by atoms with Crippen LogP contribution in [-0.4, -0.2) is 36.9 Å². The Labute approximate surface area is 196 Å². The third-order valence-electron chi connectivity index (χ3n) is 4.50. The summed E-state index contributed by atoms with van der Waals surface area (Å²) in [6.07, 6.45) is 4.31. The van der Waals surface area contributed by atoms with E-state index in [0.29, 0.717) is 16.4 Å². The maximum Gasteiger partial charge on any atom is 0.339 e. The highest BCUT2D eigenvalue weighted by molar-refractivity contribution is 8.15. The molecule has 3 rings (SSSR count). The van der Waals surface area contributed by atoms with E-state index in [2.05, 4.69) is 27.8 Å². The van der Waals surface area contributed by atoms with E-state index in [1.165, 1.54) is 61.3 Å². The molecule has 33 heavy (non-hydrogen) atoms. The number of carbonyl (C=O) groups is 2. The molecule has 0 bridgehead atoms. The second-order valence-electron chi connectivity index (χ2n) is 7.20. The Morgan fingerprint density at radius 2 is 1.88 bits per heavy atom. The molecule has 0 aliphatic carbocycles. The van der Waals surface area contributed by atoms with Gasteiger partial charge in [-0.05, 0) is 60.5 Å². The Morgan fingerprint density at radius 1 is 1.18 bits per heavy atom. The summed E-state index contributed by atoms with van der Waals surface area (Å²) in [7, 11) is -4.03. The zero-order valence-electron chi connectivity index (χ0n) is 18.1. The summed E-state index contributed by atoms with van der Waals surface area (Å²) in [5.41, 5.74) is 1.17. The molecule has 1 fully saturated rings. The smallest absolute Gasteiger partial charge is 0.339 e. The van der Waals surface area contributed by atoms with E-state index in [4.69, 9.17) is 4.18 Å². The van der Waals surface area contributed by atoms with Gasteiger partial charge in [-0.3, -0.25) is 9.59 Å². The molecule has 174 valence electrons. The monoisotopic (exact) mass is 488 g/mol. The molecule has 1 aliphatic rings. The number of amidine groups is 1. The van der Waals surface area contributed by atoms with Crippen LogP contribution in [0.3, 0.4) is 0 Å². The number of rotatable bonds is 9. The van der Waals surface area contributed by atoms with Crippen LogP contribution >= 0.6 is 11.8 Å². The average Bonchev–Trinajstić information content (AvgIpc) is 3.12. The van der Waals surface area contributed by atoms with Crippen LogP contribution in [0.4, 0.5) is 5.69 Å². The van der Waals surface area contributed by atoms with Crippen molar-refractivity contribution in [3.63, 3.8) is 0 Å². The Balaban J connectivity index is 1.58. The predicted octanol–water partition coefficient (Wildman–Crippen LogP) is 3.52. The van der Waals surface area contributed by atoms with E-state index >= 15 is 0 Å². The molecule has 1 unspecified atom stereocenters. The molecule has 1 heterocycles. The van der Waals surface area contributed by atoms with Crippen molar-refractivity contribution in [2.24, 2.45) is 10.2 Å². The molecular weight excluding hydrogens is 464 g/mol. The number of carbonyl (C=O) groups excluding carboxylic acids is 2. The molecule has 1 saturated heterocycles. The van der Waals surface area contributed by atoms with Gasteiger partial charge in [0.1, 0.15) is 10.6 Å². The maximum atomic E-state index is 12.5. The van der Waals surface area contributed by atoms with Crippen molar-refractivity contribution in [1.82, 2.24) is 5.32 Å². The van der Waals surface area contributed by atoms with Crippen LogP contribution in [0, 0.1) is 0 Å². The van der Waals surface area contributed by atoms with Crippen LogP contribution in [0.25, 0.3) is 0 Å². The summed E-state index contributed by atoms with van der Waals surface area (Å²) >= 11 is 1.37. The molecule has 1 atom stereocenters. The Bertz CT molecular complexity index is 1160. The van der Waals surface area contributed by atoms with Gasteiger partial charge in [0.15, 0.2) is 5.17 Å². The average molecular weight is 489 g/mol. The summed E-state index contributed by atoms with van der Waals surface area (Å²) in [5, 5.41) is 13.7. The van der Waals surface area contributed by atoms with E-state index in [-0.39, 0.29) is 27.7 Å². The summed E-state index contributed by atoms with van der Waals surface area (Å²) in [6.45, 7) is 3.44.